The first-order chi connectivity index (χ1) is 9.31. The van der Waals surface area contributed by atoms with Gasteiger partial charge >= 0.3 is 0 Å². The average Bonchev–Trinajstić information content (AvgIpc) is 2.46. The molecule has 0 saturated carbocycles. The fraction of sp³-hybridized carbons (Fsp3) is 0. The van der Waals surface area contributed by atoms with Crippen LogP contribution < -0.4 is 0 Å². The highest BCUT2D eigenvalue weighted by atomic mass is 16.3. The van der Waals surface area contributed by atoms with Gasteiger partial charge < -0.3 is 5.11 Å². The van der Waals surface area contributed by atoms with Crippen LogP contribution in [0.1, 0.15) is 5.56 Å². The summed E-state index contributed by atoms with van der Waals surface area (Å²) in [5.74, 6) is 0.242. The van der Waals surface area contributed by atoms with Gasteiger partial charge in [-0.05, 0) is 36.4 Å². The number of hydrogen-bond acceptors (Lipinski definition) is 3. The summed E-state index contributed by atoms with van der Waals surface area (Å²) in [4.78, 5) is 8.72. The smallest absolute Gasteiger partial charge is 0.115 e. The zero-order valence-corrected chi connectivity index (χ0v) is 10.2. The molecule has 1 heterocycles. The van der Waals surface area contributed by atoms with Crippen molar-refractivity contribution in [2.45, 2.75) is 0 Å². The van der Waals surface area contributed by atoms with Crippen LogP contribution in [0.15, 0.2) is 65.8 Å². The summed E-state index contributed by atoms with van der Waals surface area (Å²) < 4.78 is 0. The molecule has 0 unspecified atom stereocenters. The summed E-state index contributed by atoms with van der Waals surface area (Å²) in [7, 11) is 0. The molecule has 0 fully saturated rings. The van der Waals surface area contributed by atoms with Gasteiger partial charge in [-0.2, -0.15) is 0 Å². The molecular weight excluding hydrogens is 236 g/mol. The molecule has 0 saturated heterocycles. The molecule has 0 aliphatic heterocycles. The molecule has 92 valence electrons. The predicted molar refractivity (Wildman–Crippen MR) is 77.1 cm³/mol. The van der Waals surface area contributed by atoms with Crippen LogP contribution in [0, 0.1) is 0 Å². The normalized spacial score (nSPS) is 11.2. The van der Waals surface area contributed by atoms with Crippen molar-refractivity contribution in [3.05, 3.63) is 66.4 Å². The van der Waals surface area contributed by atoms with E-state index in [2.05, 4.69) is 9.98 Å². The van der Waals surface area contributed by atoms with Gasteiger partial charge in [-0.25, -0.2) is 0 Å². The van der Waals surface area contributed by atoms with E-state index in [1.165, 1.54) is 0 Å². The monoisotopic (exact) mass is 248 g/mol. The maximum absolute atomic E-state index is 9.20. The first-order valence-electron chi connectivity index (χ1n) is 5.99. The van der Waals surface area contributed by atoms with Crippen LogP contribution in [0.25, 0.3) is 10.9 Å². The Morgan fingerprint density at radius 1 is 1.00 bits per heavy atom. The first kappa shape index (κ1) is 11.4. The third kappa shape index (κ3) is 2.60. The summed E-state index contributed by atoms with van der Waals surface area (Å²) in [6.45, 7) is 0. The lowest BCUT2D eigenvalue weighted by atomic mass is 10.2. The first-order valence-corrected chi connectivity index (χ1v) is 5.99. The number of aromatic hydroxyl groups is 1. The number of hydrogen-bond donors (Lipinski definition) is 1. The van der Waals surface area contributed by atoms with E-state index in [-0.39, 0.29) is 5.75 Å². The van der Waals surface area contributed by atoms with Gasteiger partial charge in [0.1, 0.15) is 5.75 Å². The molecule has 0 bridgehead atoms. The molecule has 3 rings (SSSR count). The van der Waals surface area contributed by atoms with E-state index in [1.807, 2.05) is 30.3 Å². The van der Waals surface area contributed by atoms with E-state index in [1.54, 1.807) is 36.7 Å². The van der Waals surface area contributed by atoms with Crippen molar-refractivity contribution in [2.75, 3.05) is 0 Å². The Hall–Kier alpha value is -2.68. The molecule has 1 N–H and O–H groups in total. The molecule has 0 radical (unpaired) electrons. The Labute approximate surface area is 110 Å². The summed E-state index contributed by atoms with van der Waals surface area (Å²) in [6, 6.07) is 16.8. The summed E-state index contributed by atoms with van der Waals surface area (Å²) in [5, 5.41) is 10.3. The minimum atomic E-state index is 0.242. The van der Waals surface area contributed by atoms with E-state index in [4.69, 9.17) is 0 Å². The van der Waals surface area contributed by atoms with Gasteiger partial charge in [0.2, 0.25) is 0 Å². The van der Waals surface area contributed by atoms with Gasteiger partial charge in [0.25, 0.3) is 0 Å². The third-order valence-corrected chi connectivity index (χ3v) is 2.82. The van der Waals surface area contributed by atoms with Crippen molar-refractivity contribution in [1.29, 1.82) is 0 Å². The number of fused-ring (bicyclic) bond motifs is 1. The topological polar surface area (TPSA) is 45.5 Å². The average molecular weight is 248 g/mol. The zero-order valence-electron chi connectivity index (χ0n) is 10.2. The van der Waals surface area contributed by atoms with Crippen LogP contribution >= 0.6 is 0 Å². The number of benzene rings is 2. The van der Waals surface area contributed by atoms with Crippen molar-refractivity contribution in [1.82, 2.24) is 4.98 Å². The molecule has 2 aromatic carbocycles. The van der Waals surface area contributed by atoms with E-state index >= 15 is 0 Å². The van der Waals surface area contributed by atoms with E-state index in [0.717, 1.165) is 22.2 Å². The molecule has 0 aliphatic carbocycles. The summed E-state index contributed by atoms with van der Waals surface area (Å²) in [6.07, 6.45) is 3.57. The number of nitrogens with zero attached hydrogens (tertiary/aromatic N) is 2. The molecule has 1 aromatic heterocycles. The Morgan fingerprint density at radius 3 is 2.63 bits per heavy atom. The number of rotatable bonds is 2. The maximum atomic E-state index is 9.20. The standard InChI is InChI=1S/C16H12N2O/c19-15-7-5-14(6-8-15)17-10-12-9-13-3-1-2-4-16(13)18-11-12/h1-11,19H. The SMILES string of the molecule is Oc1ccc(N=Cc2cnc3ccccc3c2)cc1. The highest BCUT2D eigenvalue weighted by Crippen LogP contribution is 2.17. The van der Waals surface area contributed by atoms with Gasteiger partial charge in [-0.15, -0.1) is 0 Å². The molecule has 0 amide bonds. The largest absolute Gasteiger partial charge is 0.508 e. The van der Waals surface area contributed by atoms with Crippen LogP contribution in [0.3, 0.4) is 0 Å². The van der Waals surface area contributed by atoms with Crippen LogP contribution in [-0.4, -0.2) is 16.3 Å². The molecule has 3 nitrogen and oxygen atoms in total. The van der Waals surface area contributed by atoms with Crippen molar-refractivity contribution >= 4 is 22.8 Å². The molecule has 3 heteroatoms. The second-order valence-corrected chi connectivity index (χ2v) is 4.24. The van der Waals surface area contributed by atoms with Crippen molar-refractivity contribution in [3.8, 4) is 5.75 Å². The number of aromatic nitrogens is 1. The van der Waals surface area contributed by atoms with Crippen molar-refractivity contribution < 1.29 is 5.11 Å². The summed E-state index contributed by atoms with van der Waals surface area (Å²) >= 11 is 0. The quantitative estimate of drug-likeness (QED) is 0.703. The lowest BCUT2D eigenvalue weighted by molar-refractivity contribution is 0.475. The number of aliphatic imine (C=N–C) groups is 1. The molecule has 3 aromatic rings. The Morgan fingerprint density at radius 2 is 1.79 bits per heavy atom. The summed E-state index contributed by atoms with van der Waals surface area (Å²) in [5.41, 5.74) is 2.72. The molecular formula is C16H12N2O. The number of pyridine rings is 1. The van der Waals surface area contributed by atoms with Crippen molar-refractivity contribution in [3.63, 3.8) is 0 Å². The molecule has 0 spiro atoms. The van der Waals surface area contributed by atoms with E-state index in [9.17, 15) is 5.11 Å². The zero-order chi connectivity index (χ0) is 13.1. The van der Waals surface area contributed by atoms with Crippen LogP contribution in [0.4, 0.5) is 5.69 Å². The van der Waals surface area contributed by atoms with Crippen LogP contribution in [0.2, 0.25) is 0 Å². The Balaban J connectivity index is 1.90. The Bertz CT molecular complexity index is 733. The fourth-order valence-corrected chi connectivity index (χ4v) is 1.85. The minimum absolute atomic E-state index is 0.242. The second kappa shape index (κ2) is 4.90. The van der Waals surface area contributed by atoms with Gasteiger partial charge in [0.15, 0.2) is 0 Å². The van der Waals surface area contributed by atoms with Crippen LogP contribution in [0.5, 0.6) is 5.75 Å². The van der Waals surface area contributed by atoms with E-state index < -0.39 is 0 Å². The highest BCUT2D eigenvalue weighted by Gasteiger charge is 1.95. The predicted octanol–water partition coefficient (Wildman–Crippen LogP) is 3.69. The second-order valence-electron chi connectivity index (χ2n) is 4.24. The molecule has 0 aliphatic rings. The van der Waals surface area contributed by atoms with Gasteiger partial charge in [0.05, 0.1) is 11.2 Å². The lowest BCUT2D eigenvalue weighted by Crippen LogP contribution is -1.84. The van der Waals surface area contributed by atoms with Crippen LogP contribution in [-0.2, 0) is 0 Å². The molecule has 19 heavy (non-hydrogen) atoms. The third-order valence-electron chi connectivity index (χ3n) is 2.82. The number of phenolic OH excluding ortho intramolecular Hbond substituents is 1. The van der Waals surface area contributed by atoms with Gasteiger partial charge in [-0.3, -0.25) is 9.98 Å². The van der Waals surface area contributed by atoms with Gasteiger partial charge in [-0.1, -0.05) is 18.2 Å². The van der Waals surface area contributed by atoms with E-state index in [0.29, 0.717) is 0 Å². The van der Waals surface area contributed by atoms with Gasteiger partial charge in [0, 0.05) is 23.4 Å². The highest BCUT2D eigenvalue weighted by molar-refractivity contribution is 5.88. The Kier molecular flexibility index (Phi) is 2.94. The minimum Gasteiger partial charge on any atom is -0.508 e. The number of para-hydroxylation sites is 1. The lowest BCUT2D eigenvalue weighted by Gasteiger charge is -1.98. The molecule has 0 atom stereocenters. The maximum Gasteiger partial charge on any atom is 0.115 e. The van der Waals surface area contributed by atoms with Crippen molar-refractivity contribution in [2.24, 2.45) is 4.99 Å². The number of phenols is 1. The fourth-order valence-electron chi connectivity index (χ4n) is 1.85.